The zero-order valence-corrected chi connectivity index (χ0v) is 9.00. The fraction of sp³-hybridized carbons (Fsp3) is 0.917. The molecule has 0 saturated heterocycles. The molecule has 0 N–H and O–H groups in total. The number of carbonyl (C=O) groups excluding carboxylic acids is 1. The van der Waals surface area contributed by atoms with Crippen LogP contribution in [0, 0.1) is 17.8 Å². The molecule has 0 aromatic rings. The van der Waals surface area contributed by atoms with Crippen molar-refractivity contribution in [3.63, 3.8) is 0 Å². The first-order valence-electron chi connectivity index (χ1n) is 5.95. The maximum atomic E-state index is 11.2. The zero-order chi connectivity index (χ0) is 9.97. The molecule has 0 heterocycles. The summed E-state index contributed by atoms with van der Waals surface area (Å²) in [6.45, 7) is 2.39. The molecule has 0 spiro atoms. The fourth-order valence-corrected chi connectivity index (χ4v) is 3.27. The first kappa shape index (κ1) is 10.0. The van der Waals surface area contributed by atoms with Crippen molar-refractivity contribution < 1.29 is 9.53 Å². The highest BCUT2D eigenvalue weighted by Crippen LogP contribution is 2.49. The Hall–Kier alpha value is -0.530. The highest BCUT2D eigenvalue weighted by Gasteiger charge is 2.39. The van der Waals surface area contributed by atoms with Gasteiger partial charge in [-0.05, 0) is 50.4 Å². The van der Waals surface area contributed by atoms with Crippen LogP contribution in [0.1, 0.15) is 45.4 Å². The van der Waals surface area contributed by atoms with Crippen molar-refractivity contribution in [1.82, 2.24) is 0 Å². The summed E-state index contributed by atoms with van der Waals surface area (Å²) >= 11 is 0. The molecule has 80 valence electrons. The molecule has 2 aliphatic carbocycles. The Labute approximate surface area is 86.0 Å². The van der Waals surface area contributed by atoms with Crippen molar-refractivity contribution in [2.45, 2.75) is 45.4 Å². The highest BCUT2D eigenvalue weighted by molar-refractivity contribution is 5.69. The van der Waals surface area contributed by atoms with E-state index in [4.69, 9.17) is 4.74 Å². The largest absolute Gasteiger partial charge is 0.466 e. The maximum absolute atomic E-state index is 11.2. The normalized spacial score (nSPS) is 34.8. The van der Waals surface area contributed by atoms with Gasteiger partial charge in [-0.25, -0.2) is 0 Å². The topological polar surface area (TPSA) is 26.3 Å². The second-order valence-corrected chi connectivity index (χ2v) is 4.78. The van der Waals surface area contributed by atoms with E-state index in [1.165, 1.54) is 25.7 Å². The van der Waals surface area contributed by atoms with E-state index in [0.29, 0.717) is 13.0 Å². The molecule has 2 saturated carbocycles. The molecule has 2 bridgehead atoms. The molecule has 0 radical (unpaired) electrons. The molecule has 0 amide bonds. The van der Waals surface area contributed by atoms with Gasteiger partial charge in [-0.1, -0.05) is 6.42 Å². The molecule has 2 fully saturated rings. The lowest BCUT2D eigenvalue weighted by molar-refractivity contribution is -0.143. The van der Waals surface area contributed by atoms with Crippen molar-refractivity contribution >= 4 is 5.97 Å². The minimum absolute atomic E-state index is 0.00438. The van der Waals surface area contributed by atoms with Crippen molar-refractivity contribution in [2.75, 3.05) is 6.61 Å². The number of fused-ring (bicyclic) bond motifs is 2. The van der Waals surface area contributed by atoms with Crippen molar-refractivity contribution in [3.05, 3.63) is 0 Å². The van der Waals surface area contributed by atoms with Crippen LogP contribution in [0.2, 0.25) is 0 Å². The van der Waals surface area contributed by atoms with E-state index < -0.39 is 0 Å². The quantitative estimate of drug-likeness (QED) is 0.646. The molecule has 0 aromatic carbocycles. The average molecular weight is 196 g/mol. The molecule has 2 aliphatic rings. The number of esters is 1. The summed E-state index contributed by atoms with van der Waals surface area (Å²) in [5, 5.41) is 0. The Kier molecular flexibility index (Phi) is 3.09. The molecule has 14 heavy (non-hydrogen) atoms. The number of rotatable bonds is 4. The predicted molar refractivity (Wildman–Crippen MR) is 54.8 cm³/mol. The monoisotopic (exact) mass is 196 g/mol. The molecule has 2 rings (SSSR count). The van der Waals surface area contributed by atoms with Gasteiger partial charge < -0.3 is 4.74 Å². The summed E-state index contributed by atoms with van der Waals surface area (Å²) in [6.07, 6.45) is 7.39. The molecular weight excluding hydrogens is 176 g/mol. The van der Waals surface area contributed by atoms with Crippen molar-refractivity contribution in [3.8, 4) is 0 Å². The second-order valence-electron chi connectivity index (χ2n) is 4.78. The van der Waals surface area contributed by atoms with Gasteiger partial charge in [0.1, 0.15) is 0 Å². The number of carbonyl (C=O) groups is 1. The zero-order valence-electron chi connectivity index (χ0n) is 9.00. The van der Waals surface area contributed by atoms with Crippen molar-refractivity contribution in [2.24, 2.45) is 17.8 Å². The molecule has 2 heteroatoms. The smallest absolute Gasteiger partial charge is 0.305 e. The minimum Gasteiger partial charge on any atom is -0.466 e. The van der Waals surface area contributed by atoms with Gasteiger partial charge in [0, 0.05) is 6.42 Å². The van der Waals surface area contributed by atoms with E-state index in [1.807, 2.05) is 6.92 Å². The number of hydrogen-bond donors (Lipinski definition) is 0. The van der Waals surface area contributed by atoms with Gasteiger partial charge >= 0.3 is 5.97 Å². The number of ether oxygens (including phenoxy) is 1. The predicted octanol–water partition coefficient (Wildman–Crippen LogP) is 2.77. The van der Waals surface area contributed by atoms with Crippen LogP contribution in [-0.4, -0.2) is 12.6 Å². The Bertz CT molecular complexity index is 212. The van der Waals surface area contributed by atoms with E-state index in [0.717, 1.165) is 24.2 Å². The lowest BCUT2D eigenvalue weighted by Gasteiger charge is -2.20. The van der Waals surface area contributed by atoms with Crippen LogP contribution in [0.3, 0.4) is 0 Å². The average Bonchev–Trinajstić information content (AvgIpc) is 2.76. The number of hydrogen-bond acceptors (Lipinski definition) is 2. The third-order valence-electron chi connectivity index (χ3n) is 3.91. The van der Waals surface area contributed by atoms with Crippen LogP contribution >= 0.6 is 0 Å². The van der Waals surface area contributed by atoms with Gasteiger partial charge in [-0.15, -0.1) is 0 Å². The highest BCUT2D eigenvalue weighted by atomic mass is 16.5. The maximum Gasteiger partial charge on any atom is 0.305 e. The first-order valence-corrected chi connectivity index (χ1v) is 5.95. The Morgan fingerprint density at radius 2 is 2.21 bits per heavy atom. The van der Waals surface area contributed by atoms with Crippen LogP contribution in [0.25, 0.3) is 0 Å². The summed E-state index contributed by atoms with van der Waals surface area (Å²) in [5.41, 5.74) is 0. The summed E-state index contributed by atoms with van der Waals surface area (Å²) in [4.78, 5) is 11.2. The molecule has 0 aromatic heterocycles. The van der Waals surface area contributed by atoms with Gasteiger partial charge in [-0.2, -0.15) is 0 Å². The molecule has 3 atom stereocenters. The van der Waals surface area contributed by atoms with E-state index in [9.17, 15) is 4.79 Å². The van der Waals surface area contributed by atoms with Gasteiger partial charge in [0.15, 0.2) is 0 Å². The first-order chi connectivity index (χ1) is 6.79. The van der Waals surface area contributed by atoms with E-state index in [1.54, 1.807) is 0 Å². The lowest BCUT2D eigenvalue weighted by atomic mass is 9.85. The third kappa shape index (κ3) is 2.10. The van der Waals surface area contributed by atoms with Gasteiger partial charge in [0.2, 0.25) is 0 Å². The van der Waals surface area contributed by atoms with Crippen LogP contribution in [0.15, 0.2) is 0 Å². The molecule has 0 unspecified atom stereocenters. The van der Waals surface area contributed by atoms with E-state index >= 15 is 0 Å². The fourth-order valence-electron chi connectivity index (χ4n) is 3.27. The third-order valence-corrected chi connectivity index (χ3v) is 3.91. The van der Waals surface area contributed by atoms with Gasteiger partial charge in [0.25, 0.3) is 0 Å². The minimum atomic E-state index is -0.00438. The standard InChI is InChI=1S/C12H20O2/c1-2-14-12(13)6-5-11-8-9-3-4-10(11)7-9/h9-11H,2-8H2,1H3/t9-,10+,11-/m0/s1. The second kappa shape index (κ2) is 4.33. The van der Waals surface area contributed by atoms with Crippen LogP contribution in [0.5, 0.6) is 0 Å². The van der Waals surface area contributed by atoms with E-state index in [2.05, 4.69) is 0 Å². The lowest BCUT2D eigenvalue weighted by Crippen LogP contribution is -2.13. The molecule has 2 nitrogen and oxygen atoms in total. The summed E-state index contributed by atoms with van der Waals surface area (Å²) in [7, 11) is 0. The van der Waals surface area contributed by atoms with Gasteiger partial charge in [-0.3, -0.25) is 4.79 Å². The molecular formula is C12H20O2. The Morgan fingerprint density at radius 1 is 1.36 bits per heavy atom. The van der Waals surface area contributed by atoms with Crippen molar-refractivity contribution in [1.29, 1.82) is 0 Å². The van der Waals surface area contributed by atoms with Crippen LogP contribution in [0.4, 0.5) is 0 Å². The summed E-state index contributed by atoms with van der Waals surface area (Å²) in [6, 6.07) is 0. The SMILES string of the molecule is CCOC(=O)CC[C@H]1C[C@H]2CC[C@@H]1C2. The van der Waals surface area contributed by atoms with Gasteiger partial charge in [0.05, 0.1) is 6.61 Å². The van der Waals surface area contributed by atoms with Crippen LogP contribution in [-0.2, 0) is 9.53 Å². The van der Waals surface area contributed by atoms with E-state index in [-0.39, 0.29) is 5.97 Å². The Balaban J connectivity index is 1.69. The van der Waals surface area contributed by atoms with Crippen LogP contribution < -0.4 is 0 Å². The summed E-state index contributed by atoms with van der Waals surface area (Å²) < 4.78 is 4.94. The molecule has 0 aliphatic heterocycles. The summed E-state index contributed by atoms with van der Waals surface area (Å²) in [5.74, 6) is 2.76. The Morgan fingerprint density at radius 3 is 2.79 bits per heavy atom.